The summed E-state index contributed by atoms with van der Waals surface area (Å²) in [7, 11) is 10.2. The van der Waals surface area contributed by atoms with E-state index in [4.69, 9.17) is 41.8 Å². The number of pyridine rings is 5. The molecule has 0 saturated carbocycles. The molecule has 10 aromatic carbocycles. The Morgan fingerprint density at radius 2 is 0.674 bits per heavy atom. The van der Waals surface area contributed by atoms with E-state index in [-0.39, 0.29) is 0 Å². The van der Waals surface area contributed by atoms with Gasteiger partial charge < -0.3 is 22.1 Å². The molecule has 0 radical (unpaired) electrons. The van der Waals surface area contributed by atoms with E-state index in [0.29, 0.717) is 57.7 Å². The number of hydrogen-bond acceptors (Lipinski definition) is 7. The lowest BCUT2D eigenvalue weighted by Gasteiger charge is -2.08. The van der Waals surface area contributed by atoms with Crippen molar-refractivity contribution >= 4 is 127 Å². The van der Waals surface area contributed by atoms with E-state index in [1.54, 1.807) is 0 Å². The summed E-state index contributed by atoms with van der Waals surface area (Å²) in [5, 5.41) is 29.5. The van der Waals surface area contributed by atoms with Crippen molar-refractivity contribution in [2.24, 2.45) is 64.8 Å². The molecular weight excluding hydrogens is 1660 g/mol. The number of aryl methyl sites for hydroxylation is 10. The second-order valence-corrected chi connectivity index (χ2v) is 38.1. The van der Waals surface area contributed by atoms with Crippen molar-refractivity contribution in [1.29, 1.82) is 10.5 Å². The maximum atomic E-state index is 9.76. The van der Waals surface area contributed by atoms with Crippen LogP contribution in [0.5, 0.6) is 0 Å². The molecule has 0 atom stereocenters. The summed E-state index contributed by atoms with van der Waals surface area (Å²) in [5.74, 6) is 2.65. The average molecular weight is 1780 g/mol. The fourth-order valence-corrected chi connectivity index (χ4v) is 19.4. The van der Waals surface area contributed by atoms with Crippen molar-refractivity contribution < 1.29 is 44.9 Å². The molecule has 0 spiro atoms. The van der Waals surface area contributed by atoms with E-state index in [1.165, 1.54) is 16.7 Å². The van der Waals surface area contributed by atoms with Crippen molar-refractivity contribution in [3.63, 3.8) is 0 Å². The van der Waals surface area contributed by atoms with Crippen molar-refractivity contribution in [3.8, 4) is 68.4 Å². The van der Waals surface area contributed by atoms with E-state index in [1.807, 2.05) is 152 Å². The summed E-state index contributed by atoms with van der Waals surface area (Å²) >= 11 is 0. The molecule has 20 rings (SSSR count). The van der Waals surface area contributed by atoms with Crippen LogP contribution in [-0.4, -0.2) is 0 Å². The molecule has 0 saturated heterocycles. The first-order chi connectivity index (χ1) is 65.0. The molecule has 0 N–H and O–H groups in total. The van der Waals surface area contributed by atoms with Gasteiger partial charge in [0.1, 0.15) is 85.5 Å². The second-order valence-electron chi connectivity index (χ2n) is 38.1. The highest BCUT2D eigenvalue weighted by Gasteiger charge is 2.30. The lowest BCUT2D eigenvalue weighted by atomic mass is 9.96. The maximum absolute atomic E-state index is 9.76. The van der Waals surface area contributed by atoms with Crippen LogP contribution in [0, 0.1) is 107 Å². The van der Waals surface area contributed by atoms with Gasteiger partial charge in [-0.05, 0) is 225 Å². The molecule has 0 aliphatic heterocycles. The van der Waals surface area contributed by atoms with E-state index < -0.39 is 0 Å². The lowest BCUT2D eigenvalue weighted by Crippen LogP contribution is -2.30. The molecular formula is C120H115N10O5+5. The average Bonchev–Trinajstić information content (AvgIpc) is 1.62. The first kappa shape index (κ1) is 92.7. The van der Waals surface area contributed by atoms with Crippen LogP contribution in [-0.2, 0) is 67.3 Å². The third-order valence-electron chi connectivity index (χ3n) is 25.5. The number of benzene rings is 10. The highest BCUT2D eigenvalue weighted by molar-refractivity contribution is 6.18. The molecule has 15 heteroatoms. The van der Waals surface area contributed by atoms with Crippen LogP contribution in [0.25, 0.3) is 181 Å². The number of para-hydroxylation sites is 1. The Labute approximate surface area is 790 Å². The number of nitrogens with zero attached hydrogens (tertiary/aromatic N) is 10. The first-order valence-corrected chi connectivity index (χ1v) is 46.6. The third-order valence-corrected chi connectivity index (χ3v) is 25.5. The molecule has 0 amide bonds. The summed E-state index contributed by atoms with van der Waals surface area (Å²) < 4.78 is 42.3. The minimum Gasteiger partial charge on any atom is -0.466 e. The van der Waals surface area contributed by atoms with Crippen LogP contribution in [0.1, 0.15) is 136 Å². The topological polar surface area (TPSA) is 146 Å². The van der Waals surface area contributed by atoms with Gasteiger partial charge in [-0.15, -0.1) is 0 Å². The Kier molecular flexibility index (Phi) is 26.8. The van der Waals surface area contributed by atoms with Gasteiger partial charge in [0, 0.05) is 115 Å². The van der Waals surface area contributed by atoms with Crippen molar-refractivity contribution in [3.05, 3.63) is 344 Å². The van der Waals surface area contributed by atoms with E-state index in [2.05, 4.69) is 280 Å². The molecule has 0 aliphatic carbocycles. The zero-order chi connectivity index (χ0) is 95.6. The van der Waals surface area contributed by atoms with Crippen LogP contribution < -0.4 is 22.8 Å². The van der Waals surface area contributed by atoms with Gasteiger partial charge >= 0.3 is 0 Å². The largest absolute Gasteiger partial charge is 0.466 e. The first-order valence-electron chi connectivity index (χ1n) is 46.6. The number of fused-ring (bicyclic) bond motifs is 15. The molecule has 0 fully saturated rings. The summed E-state index contributed by atoms with van der Waals surface area (Å²) in [5.41, 5.74) is 33.8. The minimum atomic E-state index is 0.494. The third kappa shape index (κ3) is 18.3. The summed E-state index contributed by atoms with van der Waals surface area (Å²) in [6.45, 7) is 55.6. The van der Waals surface area contributed by atoms with Crippen molar-refractivity contribution in [2.45, 2.75) is 136 Å². The number of hydrogen-bond donors (Lipinski definition) is 0. The van der Waals surface area contributed by atoms with Crippen LogP contribution in [0.2, 0.25) is 0 Å². The van der Waals surface area contributed by atoms with Gasteiger partial charge in [0.05, 0.1) is 70.8 Å². The Morgan fingerprint density at radius 1 is 0.281 bits per heavy atom. The molecule has 0 unspecified atom stereocenters. The Hall–Kier alpha value is -15.6. The van der Waals surface area contributed by atoms with Crippen LogP contribution >= 0.6 is 0 Å². The summed E-state index contributed by atoms with van der Waals surface area (Å²) in [6.07, 6.45) is 14.8. The molecule has 15 nitrogen and oxygen atoms in total. The predicted molar refractivity (Wildman–Crippen MR) is 546 cm³/mol. The quantitative estimate of drug-likeness (QED) is 0.0733. The zero-order valence-electron chi connectivity index (χ0n) is 81.0. The van der Waals surface area contributed by atoms with E-state index >= 15 is 0 Å². The summed E-state index contributed by atoms with van der Waals surface area (Å²) in [4.78, 5) is 11.6. The SMILES string of the molecule is Cc1cc(C#N)c2c(oc3cc(CC(C)C)ccc32)c1-c1cccc[n+]1C.Cc1ccc2c(oc3cc(CC(C)C)cc(C#N)c32)c1-c1cccc[n+]1C.[C-]#[N+]c1c(-c2cccc[n+]2C)c(C)cc2oc3c(CC(C)C)cccc3c12.[C-]#[N+]c1c(CC(C)C)ccc2c1oc1c(-c3cccc[n+]3C)c(C)ccc12.[C-]#[N+]c1cc2c(cc1CC(C)C)oc1c(-c3cccc[n+]3C)c(C)ccc12. The number of rotatable bonds is 15. The lowest BCUT2D eigenvalue weighted by molar-refractivity contribution is -0.660. The molecule has 20 aromatic rings. The van der Waals surface area contributed by atoms with Crippen LogP contribution in [0.15, 0.2) is 265 Å². The van der Waals surface area contributed by atoms with Crippen LogP contribution in [0.3, 0.4) is 0 Å². The standard InChI is InChI=1S/5C24H23N2O/c1-15(2)13-17-9-8-10-18-22-20(27-24(17)18)14-16(3)21(23(22)25-4)19-11-6-7-12-26(19)5;1-15(2)14-17-10-12-19-18-11-9-16(3)21(20-8-6-7-13-26(20)5)23(18)27-24(19)22(17)25-4;1-15(2)12-17-13-22-19(14-20(17)25-4)18-10-9-16(3)23(24(18)27-22)21-8-6-7-11-26(21)5;1-15(2)11-17-8-9-19-21(13-17)27-24-22(20-7-5-6-10-26(20)4)16(3)12-18(14-25)23(19)24;1-15(2)11-17-12-18(14-25)23-19-9-8-16(3)22(24(19)27-21(23)13-17)20-7-5-6-10-26(20)4/h6-12,14-15H,13H2,1-3,5H3;6-13,15H,14H2,1-3,5H3;6-11,13-15H,12H2,1-3,5H3;2*5-10,12-13,15H,11H2,1-4H3/q5*+1. The zero-order valence-corrected chi connectivity index (χ0v) is 81.0. The van der Waals surface area contributed by atoms with Gasteiger partial charge in [-0.3, -0.25) is 0 Å². The van der Waals surface area contributed by atoms with Gasteiger partial charge in [0.25, 0.3) is 0 Å². The minimum absolute atomic E-state index is 0.494. The molecule has 0 bridgehead atoms. The fourth-order valence-electron chi connectivity index (χ4n) is 19.4. The van der Waals surface area contributed by atoms with Crippen molar-refractivity contribution in [1.82, 2.24) is 0 Å². The van der Waals surface area contributed by atoms with Gasteiger partial charge in [-0.2, -0.15) is 10.5 Å². The summed E-state index contributed by atoms with van der Waals surface area (Å²) in [6, 6.07) is 77.2. The van der Waals surface area contributed by atoms with Gasteiger partial charge in [0.2, 0.25) is 39.8 Å². The molecule has 135 heavy (non-hydrogen) atoms. The van der Waals surface area contributed by atoms with Crippen molar-refractivity contribution in [2.75, 3.05) is 0 Å². The highest BCUT2D eigenvalue weighted by atomic mass is 16.3. The Bertz CT molecular complexity index is 8210. The Morgan fingerprint density at radius 3 is 1.19 bits per heavy atom. The van der Waals surface area contributed by atoms with Gasteiger partial charge in [-0.1, -0.05) is 148 Å². The fraction of sp³-hybridized carbons (Fsp3) is 0.250. The highest BCUT2D eigenvalue weighted by Crippen LogP contribution is 2.48. The normalized spacial score (nSPS) is 11.4. The number of aromatic nitrogens is 5. The monoisotopic (exact) mass is 1780 g/mol. The van der Waals surface area contributed by atoms with E-state index in [0.717, 1.165) is 237 Å². The van der Waals surface area contributed by atoms with Gasteiger partial charge in [0.15, 0.2) is 42.3 Å². The van der Waals surface area contributed by atoms with E-state index in [9.17, 15) is 10.5 Å². The van der Waals surface area contributed by atoms with Gasteiger partial charge in [-0.25, -0.2) is 37.4 Å². The maximum Gasteiger partial charge on any atom is 0.232 e. The number of nitriles is 2. The molecule has 10 heterocycles. The second kappa shape index (κ2) is 39.1. The smallest absolute Gasteiger partial charge is 0.232 e. The van der Waals surface area contributed by atoms with Crippen LogP contribution in [0.4, 0.5) is 17.1 Å². The predicted octanol–water partition coefficient (Wildman–Crippen LogP) is 29.3. The molecule has 0 aliphatic rings. The molecule has 10 aromatic heterocycles. The Balaban J connectivity index is 0.000000123. The molecule has 670 valence electrons. The number of furan rings is 5.